The summed E-state index contributed by atoms with van der Waals surface area (Å²) in [6.45, 7) is 0.0774. The average Bonchev–Trinajstić information content (AvgIpc) is 2.89. The van der Waals surface area contributed by atoms with Crippen molar-refractivity contribution in [1.29, 1.82) is 0 Å². The van der Waals surface area contributed by atoms with Crippen LogP contribution in [0.1, 0.15) is 55.0 Å². The van der Waals surface area contributed by atoms with E-state index < -0.39 is 0 Å². The molecule has 5 nitrogen and oxygen atoms in total. The van der Waals surface area contributed by atoms with Crippen molar-refractivity contribution in [2.75, 3.05) is 0 Å². The van der Waals surface area contributed by atoms with Crippen molar-refractivity contribution in [1.82, 2.24) is 9.66 Å². The molecule has 4 aromatic rings. The summed E-state index contributed by atoms with van der Waals surface area (Å²) in [5.41, 5.74) is 1.59. The number of ether oxygens (including phenoxy) is 1. The van der Waals surface area contributed by atoms with E-state index in [0.717, 1.165) is 34.6 Å². The van der Waals surface area contributed by atoms with Crippen LogP contribution in [0.4, 0.5) is 4.39 Å². The maximum atomic E-state index is 14.1. The fourth-order valence-corrected chi connectivity index (χ4v) is 5.28. The Bertz CT molecular complexity index is 1500. The van der Waals surface area contributed by atoms with Crippen LogP contribution < -0.4 is 10.3 Å². The zero-order chi connectivity index (χ0) is 25.1. The molecule has 1 saturated carbocycles. The van der Waals surface area contributed by atoms with Crippen LogP contribution in [-0.4, -0.2) is 15.9 Å². The van der Waals surface area contributed by atoms with Crippen molar-refractivity contribution < 1.29 is 9.13 Å². The summed E-state index contributed by atoms with van der Waals surface area (Å²) in [5, 5.41) is 5.14. The molecule has 0 aliphatic heterocycles. The summed E-state index contributed by atoms with van der Waals surface area (Å²) < 4.78 is 23.1. The van der Waals surface area contributed by atoms with E-state index in [1.807, 2.05) is 24.3 Å². The molecule has 5 rings (SSSR count). The van der Waals surface area contributed by atoms with Gasteiger partial charge in [-0.2, -0.15) is 9.78 Å². The lowest BCUT2D eigenvalue weighted by molar-refractivity contribution is 0.299. The zero-order valence-corrected chi connectivity index (χ0v) is 22.6. The fraction of sp³-hybridized carbons (Fsp3) is 0.250. The van der Waals surface area contributed by atoms with E-state index in [4.69, 9.17) is 9.72 Å². The van der Waals surface area contributed by atoms with Crippen molar-refractivity contribution in [2.45, 2.75) is 44.6 Å². The Morgan fingerprint density at radius 3 is 2.58 bits per heavy atom. The van der Waals surface area contributed by atoms with Crippen LogP contribution >= 0.6 is 31.9 Å². The molecule has 1 fully saturated rings. The van der Waals surface area contributed by atoms with Gasteiger partial charge in [0.05, 0.1) is 17.1 Å². The summed E-state index contributed by atoms with van der Waals surface area (Å²) >= 11 is 6.96. The SMILES string of the molecule is O=c1c2cc(Br)ccc2nc(C2CCCCC2)n1N=Cc1cc(Br)ccc1OCc1ccccc1F. The zero-order valence-electron chi connectivity index (χ0n) is 19.5. The number of fused-ring (bicyclic) bond motifs is 1. The van der Waals surface area contributed by atoms with Gasteiger partial charge < -0.3 is 4.74 Å². The third-order valence-electron chi connectivity index (χ3n) is 6.43. The molecule has 1 aromatic heterocycles. The number of rotatable bonds is 6. The summed E-state index contributed by atoms with van der Waals surface area (Å²) in [6.07, 6.45) is 7.01. The lowest BCUT2D eigenvalue weighted by atomic mass is 9.88. The Kier molecular flexibility index (Phi) is 7.62. The van der Waals surface area contributed by atoms with Crippen molar-refractivity contribution in [3.63, 3.8) is 0 Å². The quantitative estimate of drug-likeness (QED) is 0.211. The van der Waals surface area contributed by atoms with Crippen molar-refractivity contribution in [3.05, 3.63) is 103 Å². The molecule has 0 saturated heterocycles. The number of hydrogen-bond acceptors (Lipinski definition) is 4. The van der Waals surface area contributed by atoms with Crippen LogP contribution in [0.5, 0.6) is 5.75 Å². The minimum atomic E-state index is -0.318. The van der Waals surface area contributed by atoms with Gasteiger partial charge in [-0.3, -0.25) is 4.79 Å². The second-order valence-electron chi connectivity index (χ2n) is 8.89. The molecule has 0 N–H and O–H groups in total. The van der Waals surface area contributed by atoms with Crippen molar-refractivity contribution >= 4 is 49.0 Å². The maximum Gasteiger partial charge on any atom is 0.282 e. The number of benzene rings is 3. The number of halogens is 3. The first kappa shape index (κ1) is 24.8. The highest BCUT2D eigenvalue weighted by Crippen LogP contribution is 2.32. The van der Waals surface area contributed by atoms with E-state index in [1.54, 1.807) is 36.5 Å². The average molecular weight is 613 g/mol. The lowest BCUT2D eigenvalue weighted by Crippen LogP contribution is -2.25. The summed E-state index contributed by atoms with van der Waals surface area (Å²) in [6, 6.07) is 17.6. The molecule has 0 bridgehead atoms. The Hall–Kier alpha value is -2.84. The fourth-order valence-electron chi connectivity index (χ4n) is 4.55. The third kappa shape index (κ3) is 5.44. The minimum absolute atomic E-state index is 0.0774. The van der Waals surface area contributed by atoms with Crippen LogP contribution in [0.3, 0.4) is 0 Å². The van der Waals surface area contributed by atoms with Gasteiger partial charge in [0.1, 0.15) is 24.0 Å². The second-order valence-corrected chi connectivity index (χ2v) is 10.7. The second kappa shape index (κ2) is 11.0. The van der Waals surface area contributed by atoms with Crippen LogP contribution in [-0.2, 0) is 6.61 Å². The Balaban J connectivity index is 1.54. The molecule has 36 heavy (non-hydrogen) atoms. The van der Waals surface area contributed by atoms with E-state index in [-0.39, 0.29) is 23.9 Å². The summed E-state index contributed by atoms with van der Waals surface area (Å²) in [7, 11) is 0. The summed E-state index contributed by atoms with van der Waals surface area (Å²) in [5.74, 6) is 1.08. The number of nitrogens with zero attached hydrogens (tertiary/aromatic N) is 3. The Morgan fingerprint density at radius 2 is 1.78 bits per heavy atom. The molecule has 0 unspecified atom stereocenters. The van der Waals surface area contributed by atoms with Gasteiger partial charge in [-0.15, -0.1) is 0 Å². The smallest absolute Gasteiger partial charge is 0.282 e. The Labute approximate surface area is 225 Å². The lowest BCUT2D eigenvalue weighted by Gasteiger charge is -2.22. The molecule has 0 spiro atoms. The van der Waals surface area contributed by atoms with E-state index in [9.17, 15) is 9.18 Å². The van der Waals surface area contributed by atoms with Crippen molar-refractivity contribution in [2.24, 2.45) is 5.10 Å². The van der Waals surface area contributed by atoms with Crippen LogP contribution in [0.25, 0.3) is 10.9 Å². The molecule has 0 amide bonds. The normalized spacial score (nSPS) is 14.5. The molecule has 8 heteroatoms. The highest BCUT2D eigenvalue weighted by Gasteiger charge is 2.22. The Morgan fingerprint density at radius 1 is 1.03 bits per heavy atom. The molecule has 1 heterocycles. The summed E-state index contributed by atoms with van der Waals surface area (Å²) in [4.78, 5) is 18.5. The van der Waals surface area contributed by atoms with Crippen LogP contribution in [0.2, 0.25) is 0 Å². The van der Waals surface area contributed by atoms with Crippen LogP contribution in [0.15, 0.2) is 79.5 Å². The van der Waals surface area contributed by atoms with Gasteiger partial charge in [-0.1, -0.05) is 69.3 Å². The molecule has 0 radical (unpaired) electrons. The molecule has 1 aliphatic carbocycles. The van der Waals surface area contributed by atoms with Gasteiger partial charge in [0.2, 0.25) is 0 Å². The predicted octanol–water partition coefficient (Wildman–Crippen LogP) is 7.57. The van der Waals surface area contributed by atoms with E-state index in [1.165, 1.54) is 17.2 Å². The van der Waals surface area contributed by atoms with E-state index in [0.29, 0.717) is 33.6 Å². The number of aromatic nitrogens is 2. The molecular formula is C28H24Br2FN3O2. The van der Waals surface area contributed by atoms with E-state index in [2.05, 4.69) is 37.0 Å². The highest BCUT2D eigenvalue weighted by molar-refractivity contribution is 9.10. The van der Waals surface area contributed by atoms with Gasteiger partial charge in [0.25, 0.3) is 5.56 Å². The number of hydrogen-bond donors (Lipinski definition) is 0. The monoisotopic (exact) mass is 611 g/mol. The predicted molar refractivity (Wildman–Crippen MR) is 147 cm³/mol. The van der Waals surface area contributed by atoms with E-state index >= 15 is 0 Å². The minimum Gasteiger partial charge on any atom is -0.488 e. The molecule has 184 valence electrons. The topological polar surface area (TPSA) is 56.5 Å². The maximum absolute atomic E-state index is 14.1. The largest absolute Gasteiger partial charge is 0.488 e. The van der Waals surface area contributed by atoms with Crippen LogP contribution in [0, 0.1) is 5.82 Å². The molecular weight excluding hydrogens is 589 g/mol. The third-order valence-corrected chi connectivity index (χ3v) is 7.42. The highest BCUT2D eigenvalue weighted by atomic mass is 79.9. The molecule has 1 aliphatic rings. The van der Waals surface area contributed by atoms with Gasteiger partial charge >= 0.3 is 0 Å². The first-order valence-corrected chi connectivity index (χ1v) is 13.5. The first-order chi connectivity index (χ1) is 17.5. The molecule has 3 aromatic carbocycles. The van der Waals surface area contributed by atoms with Gasteiger partial charge in [0, 0.05) is 26.0 Å². The van der Waals surface area contributed by atoms with Gasteiger partial charge in [-0.25, -0.2) is 9.37 Å². The first-order valence-electron chi connectivity index (χ1n) is 11.9. The van der Waals surface area contributed by atoms with Gasteiger partial charge in [0.15, 0.2) is 0 Å². The standard InChI is InChI=1S/C28H24Br2FN3O2/c29-21-11-13-26(36-17-19-8-4-5-9-24(19)31)20(14-21)16-32-34-27(18-6-2-1-3-7-18)33-25-12-10-22(30)15-23(25)28(34)35/h4-5,8-16,18H,1-3,6-7,17H2. The molecule has 0 atom stereocenters. The van der Waals surface area contributed by atoms with Gasteiger partial charge in [-0.05, 0) is 55.3 Å². The van der Waals surface area contributed by atoms with Crippen molar-refractivity contribution in [3.8, 4) is 5.75 Å².